The highest BCUT2D eigenvalue weighted by molar-refractivity contribution is 6.31. The van der Waals surface area contributed by atoms with Gasteiger partial charge in [-0.25, -0.2) is 0 Å². The molecule has 3 rings (SSSR count). The standard InChI is InChI=1S/C23H35ClN2O3/c1-4-13-29-20-5-9-23(3,10-6-20)25-11-7-18(8-12-25)15-19-14-17(2)21(24)16-22(19)26(27)28/h14,16,18,20H,4-13,15H2,1-3H3. The van der Waals surface area contributed by atoms with Gasteiger partial charge in [-0.3, -0.25) is 15.0 Å². The molecule has 1 saturated carbocycles. The summed E-state index contributed by atoms with van der Waals surface area (Å²) in [5, 5.41) is 11.9. The Morgan fingerprint density at radius 2 is 1.90 bits per heavy atom. The zero-order valence-corrected chi connectivity index (χ0v) is 18.8. The lowest BCUT2D eigenvalue weighted by Gasteiger charge is -2.48. The van der Waals surface area contributed by atoms with Gasteiger partial charge in [0.25, 0.3) is 5.69 Å². The lowest BCUT2D eigenvalue weighted by Crippen LogP contribution is -2.52. The van der Waals surface area contributed by atoms with Crippen molar-refractivity contribution >= 4 is 17.3 Å². The summed E-state index contributed by atoms with van der Waals surface area (Å²) in [5.41, 5.74) is 2.19. The van der Waals surface area contributed by atoms with Crippen molar-refractivity contribution in [2.75, 3.05) is 19.7 Å². The van der Waals surface area contributed by atoms with Crippen LogP contribution in [0, 0.1) is 23.0 Å². The van der Waals surface area contributed by atoms with Crippen molar-refractivity contribution in [2.45, 2.75) is 83.8 Å². The van der Waals surface area contributed by atoms with Gasteiger partial charge in [0.2, 0.25) is 0 Å². The van der Waals surface area contributed by atoms with E-state index in [-0.39, 0.29) is 16.1 Å². The molecule has 0 aromatic heterocycles. The second-order valence-corrected chi connectivity index (χ2v) is 9.60. The van der Waals surface area contributed by atoms with Gasteiger partial charge < -0.3 is 4.74 Å². The van der Waals surface area contributed by atoms with Crippen molar-refractivity contribution in [3.05, 3.63) is 38.4 Å². The molecule has 0 amide bonds. The van der Waals surface area contributed by atoms with Crippen molar-refractivity contribution in [3.8, 4) is 0 Å². The van der Waals surface area contributed by atoms with E-state index in [1.54, 1.807) is 0 Å². The molecule has 5 nitrogen and oxygen atoms in total. The van der Waals surface area contributed by atoms with Crippen LogP contribution in [0.2, 0.25) is 5.02 Å². The second kappa shape index (κ2) is 9.76. The van der Waals surface area contributed by atoms with E-state index in [1.807, 2.05) is 13.0 Å². The summed E-state index contributed by atoms with van der Waals surface area (Å²) >= 11 is 6.11. The van der Waals surface area contributed by atoms with Crippen molar-refractivity contribution in [2.24, 2.45) is 5.92 Å². The Kier molecular flexibility index (Phi) is 7.58. The quantitative estimate of drug-likeness (QED) is 0.403. The van der Waals surface area contributed by atoms with Crippen LogP contribution >= 0.6 is 11.6 Å². The fourth-order valence-corrected chi connectivity index (χ4v) is 5.19. The van der Waals surface area contributed by atoms with Gasteiger partial charge in [0.05, 0.1) is 16.0 Å². The maximum atomic E-state index is 11.4. The Labute approximate surface area is 179 Å². The summed E-state index contributed by atoms with van der Waals surface area (Å²) < 4.78 is 5.96. The first-order chi connectivity index (χ1) is 13.8. The monoisotopic (exact) mass is 422 g/mol. The summed E-state index contributed by atoms with van der Waals surface area (Å²) in [6.45, 7) is 9.54. The first-order valence-corrected chi connectivity index (χ1v) is 11.5. The average Bonchev–Trinajstić information content (AvgIpc) is 2.70. The lowest BCUT2D eigenvalue weighted by molar-refractivity contribution is -0.385. The summed E-state index contributed by atoms with van der Waals surface area (Å²) in [4.78, 5) is 13.8. The van der Waals surface area contributed by atoms with E-state index in [9.17, 15) is 10.1 Å². The summed E-state index contributed by atoms with van der Waals surface area (Å²) in [5.74, 6) is 0.498. The van der Waals surface area contributed by atoms with Gasteiger partial charge in [-0.15, -0.1) is 0 Å². The van der Waals surface area contributed by atoms with Crippen LogP contribution in [0.1, 0.15) is 69.9 Å². The minimum atomic E-state index is -0.296. The number of nitro groups is 1. The number of benzene rings is 1. The molecule has 6 heteroatoms. The largest absolute Gasteiger partial charge is 0.378 e. The van der Waals surface area contributed by atoms with Gasteiger partial charge in [0, 0.05) is 23.8 Å². The maximum absolute atomic E-state index is 11.4. The summed E-state index contributed by atoms with van der Waals surface area (Å²) in [7, 11) is 0. The van der Waals surface area contributed by atoms with Crippen LogP contribution in [0.15, 0.2) is 12.1 Å². The fraction of sp³-hybridized carbons (Fsp3) is 0.739. The zero-order valence-electron chi connectivity index (χ0n) is 18.1. The van der Waals surface area contributed by atoms with Crippen LogP contribution in [0.3, 0.4) is 0 Å². The molecule has 0 unspecified atom stereocenters. The van der Waals surface area contributed by atoms with Crippen molar-refractivity contribution < 1.29 is 9.66 Å². The van der Waals surface area contributed by atoms with E-state index in [2.05, 4.69) is 18.7 Å². The third-order valence-corrected chi connectivity index (χ3v) is 7.42. The highest BCUT2D eigenvalue weighted by Gasteiger charge is 2.38. The fourth-order valence-electron chi connectivity index (χ4n) is 5.03. The van der Waals surface area contributed by atoms with Crippen molar-refractivity contribution in [1.82, 2.24) is 4.90 Å². The Bertz CT molecular complexity index is 708. The topological polar surface area (TPSA) is 55.6 Å². The molecule has 29 heavy (non-hydrogen) atoms. The number of likely N-dealkylation sites (tertiary alicyclic amines) is 1. The normalized spacial score (nSPS) is 26.6. The molecule has 1 aromatic rings. The smallest absolute Gasteiger partial charge is 0.274 e. The number of ether oxygens (including phenoxy) is 1. The average molecular weight is 423 g/mol. The van der Waals surface area contributed by atoms with Gasteiger partial charge in [-0.05, 0) is 95.9 Å². The van der Waals surface area contributed by atoms with Gasteiger partial charge in [0.1, 0.15) is 0 Å². The molecule has 1 aliphatic carbocycles. The van der Waals surface area contributed by atoms with E-state index in [0.717, 1.165) is 69.3 Å². The SMILES string of the molecule is CCCOC1CCC(C)(N2CCC(Cc3cc(C)c(Cl)cc3[N+](=O)[O-])CC2)CC1. The molecule has 1 saturated heterocycles. The molecule has 2 fully saturated rings. The highest BCUT2D eigenvalue weighted by atomic mass is 35.5. The number of piperidine rings is 1. The number of aryl methyl sites for hydroxylation is 1. The predicted octanol–water partition coefficient (Wildman–Crippen LogP) is 5.94. The highest BCUT2D eigenvalue weighted by Crippen LogP contribution is 2.38. The van der Waals surface area contributed by atoms with Crippen LogP contribution in [0.25, 0.3) is 0 Å². The molecule has 0 spiro atoms. The number of rotatable bonds is 7. The van der Waals surface area contributed by atoms with Gasteiger partial charge >= 0.3 is 0 Å². The Balaban J connectivity index is 1.55. The molecular weight excluding hydrogens is 388 g/mol. The molecule has 162 valence electrons. The molecule has 1 heterocycles. The Morgan fingerprint density at radius 1 is 1.24 bits per heavy atom. The number of halogens is 1. The van der Waals surface area contributed by atoms with Gasteiger partial charge in [0.15, 0.2) is 0 Å². The molecular formula is C23H35ClN2O3. The van der Waals surface area contributed by atoms with E-state index in [1.165, 1.54) is 18.9 Å². The maximum Gasteiger partial charge on any atom is 0.274 e. The first kappa shape index (κ1) is 22.5. The Hall–Kier alpha value is -1.17. The summed E-state index contributed by atoms with van der Waals surface area (Å²) in [6, 6.07) is 3.42. The molecule has 1 aliphatic heterocycles. The summed E-state index contributed by atoms with van der Waals surface area (Å²) in [6.07, 6.45) is 9.22. The van der Waals surface area contributed by atoms with Crippen LogP contribution in [-0.4, -0.2) is 41.2 Å². The number of nitrogens with zero attached hydrogens (tertiary/aromatic N) is 2. The van der Waals surface area contributed by atoms with E-state index >= 15 is 0 Å². The molecule has 1 aromatic carbocycles. The van der Waals surface area contributed by atoms with Crippen LogP contribution in [0.4, 0.5) is 5.69 Å². The van der Waals surface area contributed by atoms with Crippen molar-refractivity contribution in [1.29, 1.82) is 0 Å². The second-order valence-electron chi connectivity index (χ2n) is 9.19. The Morgan fingerprint density at radius 3 is 2.48 bits per heavy atom. The minimum absolute atomic E-state index is 0.167. The van der Waals surface area contributed by atoms with Gasteiger partial charge in [-0.1, -0.05) is 18.5 Å². The van der Waals surface area contributed by atoms with Gasteiger partial charge in [-0.2, -0.15) is 0 Å². The first-order valence-electron chi connectivity index (χ1n) is 11.1. The molecule has 0 bridgehead atoms. The van der Waals surface area contributed by atoms with E-state index in [0.29, 0.717) is 17.0 Å². The molecule has 2 aliphatic rings. The zero-order chi connectivity index (χ0) is 21.0. The van der Waals surface area contributed by atoms with Crippen LogP contribution in [-0.2, 0) is 11.2 Å². The third kappa shape index (κ3) is 5.50. The lowest BCUT2D eigenvalue weighted by atomic mass is 9.78. The molecule has 0 N–H and O–H groups in total. The van der Waals surface area contributed by atoms with Crippen molar-refractivity contribution in [3.63, 3.8) is 0 Å². The van der Waals surface area contributed by atoms with Crippen LogP contribution in [0.5, 0.6) is 0 Å². The number of hydrogen-bond acceptors (Lipinski definition) is 4. The number of hydrogen-bond donors (Lipinski definition) is 0. The number of nitro benzene ring substituents is 1. The molecule has 0 atom stereocenters. The van der Waals surface area contributed by atoms with Crippen LogP contribution < -0.4 is 0 Å². The van der Waals surface area contributed by atoms with E-state index in [4.69, 9.17) is 16.3 Å². The minimum Gasteiger partial charge on any atom is -0.378 e. The van der Waals surface area contributed by atoms with E-state index < -0.39 is 0 Å². The molecule has 0 radical (unpaired) electrons. The third-order valence-electron chi connectivity index (χ3n) is 7.01. The predicted molar refractivity (Wildman–Crippen MR) is 118 cm³/mol.